The first-order chi connectivity index (χ1) is 16.1. The number of methoxy groups -OCH3 is 2. The average molecular weight is 453 g/mol. The molecule has 0 atom stereocenters. The second-order valence-corrected chi connectivity index (χ2v) is 7.78. The number of furan rings is 1. The number of rotatable bonds is 9. The molecular weight excluding hydrogens is 426 g/mol. The Morgan fingerprint density at radius 1 is 0.970 bits per heavy atom. The molecule has 0 saturated carbocycles. The molecule has 1 heterocycles. The van der Waals surface area contributed by atoms with Crippen molar-refractivity contribution in [3.63, 3.8) is 0 Å². The number of fused-ring (bicyclic) bond motifs is 3. The zero-order chi connectivity index (χ0) is 23.2. The summed E-state index contributed by atoms with van der Waals surface area (Å²) in [7, 11) is 3.10. The second-order valence-electron chi connectivity index (χ2n) is 7.78. The Bertz CT molecular complexity index is 1150. The normalized spacial score (nSPS) is 12.7. The molecule has 0 saturated heterocycles. The molecule has 1 aliphatic carbocycles. The minimum absolute atomic E-state index is 0.266. The lowest BCUT2D eigenvalue weighted by atomic mass is 9.96. The smallest absolute Gasteiger partial charge is 0.344 e. The van der Waals surface area contributed by atoms with Crippen molar-refractivity contribution in [2.24, 2.45) is 0 Å². The van der Waals surface area contributed by atoms with E-state index in [1.807, 2.05) is 18.2 Å². The molecule has 0 radical (unpaired) electrons. The lowest BCUT2D eigenvalue weighted by Gasteiger charge is -2.11. The molecule has 1 aliphatic rings. The number of carbonyl (C=O) groups excluding carboxylic acids is 2. The number of hydrogen-bond acceptors (Lipinski definition) is 7. The molecule has 8 heteroatoms. The molecule has 1 N–H and O–H groups in total. The third-order valence-electron chi connectivity index (χ3n) is 5.59. The Morgan fingerprint density at radius 3 is 2.61 bits per heavy atom. The quantitative estimate of drug-likeness (QED) is 0.495. The minimum atomic E-state index is -0.620. The van der Waals surface area contributed by atoms with Crippen LogP contribution in [0, 0.1) is 0 Å². The number of amides is 1. The van der Waals surface area contributed by atoms with Crippen LogP contribution in [0.3, 0.4) is 0 Å². The lowest BCUT2D eigenvalue weighted by Crippen LogP contribution is -2.29. The van der Waals surface area contributed by atoms with E-state index in [0.717, 1.165) is 48.0 Å². The molecule has 33 heavy (non-hydrogen) atoms. The van der Waals surface area contributed by atoms with Gasteiger partial charge in [-0.3, -0.25) is 4.79 Å². The maximum atomic E-state index is 12.0. The van der Waals surface area contributed by atoms with Crippen molar-refractivity contribution in [2.75, 3.05) is 27.4 Å². The standard InChI is InChI=1S/C25H27NO7/c1-29-22-9-7-16(11-23(22)30-2)13-26-24(27)14-32-25(28)15-31-17-8-10-21-19(12-17)18-5-3-4-6-20(18)33-21/h7-12H,3-6,13-15H2,1-2H3,(H,26,27). The molecule has 3 aromatic rings. The van der Waals surface area contributed by atoms with Crippen LogP contribution in [0.4, 0.5) is 0 Å². The van der Waals surface area contributed by atoms with Crippen LogP contribution in [-0.4, -0.2) is 39.3 Å². The summed E-state index contributed by atoms with van der Waals surface area (Å²) in [5.74, 6) is 1.75. The van der Waals surface area contributed by atoms with Crippen LogP contribution in [0.2, 0.25) is 0 Å². The van der Waals surface area contributed by atoms with Crippen molar-refractivity contribution in [1.29, 1.82) is 0 Å². The van der Waals surface area contributed by atoms with Crippen LogP contribution in [0.25, 0.3) is 11.0 Å². The molecule has 0 aliphatic heterocycles. The maximum Gasteiger partial charge on any atom is 0.344 e. The first kappa shape index (κ1) is 22.5. The third-order valence-corrected chi connectivity index (χ3v) is 5.59. The number of aryl methyl sites for hydroxylation is 2. The van der Waals surface area contributed by atoms with E-state index in [4.69, 9.17) is 23.4 Å². The molecule has 4 rings (SSSR count). The summed E-state index contributed by atoms with van der Waals surface area (Å²) in [5.41, 5.74) is 2.89. The van der Waals surface area contributed by atoms with Gasteiger partial charge in [0.1, 0.15) is 17.1 Å². The van der Waals surface area contributed by atoms with Crippen LogP contribution in [-0.2, 0) is 33.7 Å². The van der Waals surface area contributed by atoms with Crippen LogP contribution in [0.1, 0.15) is 29.7 Å². The van der Waals surface area contributed by atoms with Gasteiger partial charge < -0.3 is 28.7 Å². The minimum Gasteiger partial charge on any atom is -0.493 e. The Balaban J connectivity index is 1.23. The van der Waals surface area contributed by atoms with Crippen LogP contribution >= 0.6 is 0 Å². The molecule has 0 spiro atoms. The summed E-state index contributed by atoms with van der Waals surface area (Å²) >= 11 is 0. The first-order valence-electron chi connectivity index (χ1n) is 10.9. The molecule has 8 nitrogen and oxygen atoms in total. The number of carbonyl (C=O) groups is 2. The number of ether oxygens (including phenoxy) is 4. The summed E-state index contributed by atoms with van der Waals surface area (Å²) in [4.78, 5) is 24.0. The van der Waals surface area contributed by atoms with Crippen molar-refractivity contribution in [2.45, 2.75) is 32.2 Å². The van der Waals surface area contributed by atoms with Gasteiger partial charge in [-0.05, 0) is 55.2 Å². The molecule has 0 bridgehead atoms. The zero-order valence-corrected chi connectivity index (χ0v) is 18.8. The van der Waals surface area contributed by atoms with Gasteiger partial charge in [-0.2, -0.15) is 0 Å². The van der Waals surface area contributed by atoms with Crippen LogP contribution in [0.5, 0.6) is 17.2 Å². The predicted molar refractivity (Wildman–Crippen MR) is 121 cm³/mol. The summed E-state index contributed by atoms with van der Waals surface area (Å²) in [6.07, 6.45) is 4.24. The molecule has 1 amide bonds. The molecule has 2 aromatic carbocycles. The lowest BCUT2D eigenvalue weighted by molar-refractivity contribution is -0.150. The monoisotopic (exact) mass is 453 g/mol. The third kappa shape index (κ3) is 5.39. The van der Waals surface area contributed by atoms with E-state index >= 15 is 0 Å². The van der Waals surface area contributed by atoms with Crippen molar-refractivity contribution in [1.82, 2.24) is 5.32 Å². The SMILES string of the molecule is COc1ccc(CNC(=O)COC(=O)COc2ccc3oc4c(c3c2)CCCC4)cc1OC. The van der Waals surface area contributed by atoms with Crippen molar-refractivity contribution in [3.8, 4) is 17.2 Å². The molecule has 0 unspecified atom stereocenters. The Hall–Kier alpha value is -3.68. The van der Waals surface area contributed by atoms with E-state index in [2.05, 4.69) is 5.32 Å². The highest BCUT2D eigenvalue weighted by molar-refractivity contribution is 5.84. The largest absolute Gasteiger partial charge is 0.493 e. The van der Waals surface area contributed by atoms with E-state index in [0.29, 0.717) is 17.2 Å². The van der Waals surface area contributed by atoms with E-state index in [1.165, 1.54) is 5.56 Å². The van der Waals surface area contributed by atoms with E-state index in [1.54, 1.807) is 32.4 Å². The highest BCUT2D eigenvalue weighted by Gasteiger charge is 2.18. The van der Waals surface area contributed by atoms with Gasteiger partial charge in [-0.15, -0.1) is 0 Å². The number of esters is 1. The van der Waals surface area contributed by atoms with Crippen molar-refractivity contribution < 1.29 is 33.0 Å². The van der Waals surface area contributed by atoms with E-state index < -0.39 is 11.9 Å². The topological polar surface area (TPSA) is 96.2 Å². The summed E-state index contributed by atoms with van der Waals surface area (Å²) < 4.78 is 26.9. The Morgan fingerprint density at radius 2 is 1.79 bits per heavy atom. The highest BCUT2D eigenvalue weighted by atomic mass is 16.6. The van der Waals surface area contributed by atoms with Gasteiger partial charge in [-0.25, -0.2) is 4.79 Å². The Kier molecular flexibility index (Phi) is 7.02. The molecule has 174 valence electrons. The summed E-state index contributed by atoms with van der Waals surface area (Å²) in [6, 6.07) is 10.9. The van der Waals surface area contributed by atoms with Gasteiger partial charge in [0.05, 0.1) is 14.2 Å². The second kappa shape index (κ2) is 10.3. The number of hydrogen-bond donors (Lipinski definition) is 1. The van der Waals surface area contributed by atoms with Crippen LogP contribution in [0.15, 0.2) is 40.8 Å². The predicted octanol–water partition coefficient (Wildman–Crippen LogP) is 3.57. The van der Waals surface area contributed by atoms with Gasteiger partial charge in [0.15, 0.2) is 24.7 Å². The van der Waals surface area contributed by atoms with E-state index in [9.17, 15) is 9.59 Å². The van der Waals surface area contributed by atoms with Gasteiger partial charge in [0.25, 0.3) is 5.91 Å². The number of benzene rings is 2. The fourth-order valence-corrected chi connectivity index (χ4v) is 3.90. The van der Waals surface area contributed by atoms with Gasteiger partial charge >= 0.3 is 5.97 Å². The maximum absolute atomic E-state index is 12.0. The fourth-order valence-electron chi connectivity index (χ4n) is 3.90. The zero-order valence-electron chi connectivity index (χ0n) is 18.8. The summed E-state index contributed by atoms with van der Waals surface area (Å²) in [5, 5.41) is 3.73. The van der Waals surface area contributed by atoms with Gasteiger partial charge in [0, 0.05) is 23.9 Å². The van der Waals surface area contributed by atoms with Crippen molar-refractivity contribution >= 4 is 22.8 Å². The molecular formula is C25H27NO7. The molecule has 0 fully saturated rings. The molecule has 1 aromatic heterocycles. The Labute approximate surface area is 191 Å². The van der Waals surface area contributed by atoms with E-state index in [-0.39, 0.29) is 19.8 Å². The van der Waals surface area contributed by atoms with Crippen LogP contribution < -0.4 is 19.5 Å². The average Bonchev–Trinajstić information content (AvgIpc) is 3.22. The van der Waals surface area contributed by atoms with Gasteiger partial charge in [0.2, 0.25) is 0 Å². The highest BCUT2D eigenvalue weighted by Crippen LogP contribution is 2.34. The van der Waals surface area contributed by atoms with Gasteiger partial charge in [-0.1, -0.05) is 6.07 Å². The fraction of sp³-hybridized carbons (Fsp3) is 0.360. The summed E-state index contributed by atoms with van der Waals surface area (Å²) in [6.45, 7) is -0.402. The number of nitrogens with one attached hydrogen (secondary N) is 1. The first-order valence-corrected chi connectivity index (χ1v) is 10.9. The van der Waals surface area contributed by atoms with Crippen molar-refractivity contribution in [3.05, 3.63) is 53.3 Å².